The molecule has 2 fully saturated rings. The molecule has 8 atom stereocenters. The van der Waals surface area contributed by atoms with Crippen molar-refractivity contribution in [1.82, 2.24) is 0 Å². The van der Waals surface area contributed by atoms with Gasteiger partial charge in [0.25, 0.3) is 0 Å². The average molecular weight is 460 g/mol. The van der Waals surface area contributed by atoms with E-state index in [1.54, 1.807) is 6.07 Å². The minimum Gasteiger partial charge on any atom is -0.497 e. The maximum absolute atomic E-state index is 11.9. The van der Waals surface area contributed by atoms with E-state index in [4.69, 9.17) is 23.7 Å². The summed E-state index contributed by atoms with van der Waals surface area (Å²) in [6, 6.07) is 4.43. The van der Waals surface area contributed by atoms with Gasteiger partial charge >= 0.3 is 0 Å². The van der Waals surface area contributed by atoms with Crippen LogP contribution in [0.4, 0.5) is 0 Å². The number of benzene rings is 1. The zero-order valence-electron chi connectivity index (χ0n) is 17.5. The highest BCUT2D eigenvalue weighted by Gasteiger charge is 2.50. The number of ether oxygens (including phenoxy) is 5. The van der Waals surface area contributed by atoms with Gasteiger partial charge in [-0.3, -0.25) is 4.79 Å². The summed E-state index contributed by atoms with van der Waals surface area (Å²) in [6.07, 6.45) is -10.5. The molecule has 0 radical (unpaired) electrons. The van der Waals surface area contributed by atoms with E-state index in [0.717, 1.165) is 0 Å². The molecule has 2 aliphatic rings. The predicted molar refractivity (Wildman–Crippen MR) is 104 cm³/mol. The second-order valence-electron chi connectivity index (χ2n) is 7.77. The van der Waals surface area contributed by atoms with Gasteiger partial charge in [-0.05, 0) is 19.1 Å². The molecule has 1 aromatic carbocycles. The van der Waals surface area contributed by atoms with Crippen LogP contribution in [0, 0.1) is 0 Å². The first-order valence-electron chi connectivity index (χ1n) is 9.91. The van der Waals surface area contributed by atoms with Crippen molar-refractivity contribution in [3.63, 3.8) is 0 Å². The van der Waals surface area contributed by atoms with Crippen molar-refractivity contribution in [3.05, 3.63) is 23.8 Å². The standard InChI is InChI=1S/C20H28O12/c1-9(22)11-4-3-10(28-2)5-12(11)31-18-16(25)15(24)14(23)13(32-18)6-29-19-17(26)20(27,7-21)8-30-19/h3-5,13-19,21,23-27H,6-8H2,1-2H3/t13-,14-,15+,16-,17+,18-,19-,20?/m1/s1. The van der Waals surface area contributed by atoms with Crippen LogP contribution in [-0.2, 0) is 14.2 Å². The van der Waals surface area contributed by atoms with E-state index in [2.05, 4.69) is 0 Å². The lowest BCUT2D eigenvalue weighted by Gasteiger charge is -2.40. The molecule has 0 bridgehead atoms. The lowest BCUT2D eigenvalue weighted by atomic mass is 9.99. The zero-order valence-corrected chi connectivity index (χ0v) is 17.5. The molecular weight excluding hydrogens is 432 g/mol. The summed E-state index contributed by atoms with van der Waals surface area (Å²) in [4.78, 5) is 11.9. The molecular formula is C20H28O12. The molecule has 6 N–H and O–H groups in total. The van der Waals surface area contributed by atoms with Crippen LogP contribution in [0.15, 0.2) is 18.2 Å². The Labute approximate surface area is 183 Å². The Balaban J connectivity index is 1.72. The monoisotopic (exact) mass is 460 g/mol. The number of carbonyl (C=O) groups is 1. The van der Waals surface area contributed by atoms with Crippen LogP contribution >= 0.6 is 0 Å². The summed E-state index contributed by atoms with van der Waals surface area (Å²) < 4.78 is 26.8. The Kier molecular flexibility index (Phi) is 7.70. The van der Waals surface area contributed by atoms with Crippen LogP contribution in [0.3, 0.4) is 0 Å². The number of aliphatic hydroxyl groups is 6. The number of hydrogen-bond donors (Lipinski definition) is 6. The van der Waals surface area contributed by atoms with Gasteiger partial charge < -0.3 is 54.3 Å². The van der Waals surface area contributed by atoms with Gasteiger partial charge in [0.1, 0.15) is 47.6 Å². The molecule has 0 amide bonds. The van der Waals surface area contributed by atoms with Gasteiger partial charge in [0.2, 0.25) is 6.29 Å². The number of hydrogen-bond acceptors (Lipinski definition) is 12. The second kappa shape index (κ2) is 9.95. The Morgan fingerprint density at radius 1 is 1.16 bits per heavy atom. The van der Waals surface area contributed by atoms with E-state index in [-0.39, 0.29) is 23.7 Å². The van der Waals surface area contributed by atoms with Crippen molar-refractivity contribution in [2.75, 3.05) is 26.9 Å². The van der Waals surface area contributed by atoms with E-state index in [1.807, 2.05) is 0 Å². The molecule has 12 heteroatoms. The van der Waals surface area contributed by atoms with Crippen LogP contribution in [-0.4, -0.2) is 112 Å². The summed E-state index contributed by atoms with van der Waals surface area (Å²) in [6.45, 7) is -0.231. The predicted octanol–water partition coefficient (Wildman–Crippen LogP) is -2.46. The molecule has 0 saturated carbocycles. The van der Waals surface area contributed by atoms with Gasteiger partial charge in [-0.25, -0.2) is 0 Å². The normalized spacial score (nSPS) is 37.3. The Morgan fingerprint density at radius 3 is 2.47 bits per heavy atom. The van der Waals surface area contributed by atoms with Gasteiger partial charge in [0, 0.05) is 6.07 Å². The summed E-state index contributed by atoms with van der Waals surface area (Å²) in [5, 5.41) is 60.1. The number of Topliss-reactive ketones (excluding diaryl/α,β-unsaturated/α-hetero) is 1. The number of carbonyl (C=O) groups excluding carboxylic acids is 1. The van der Waals surface area contributed by atoms with Crippen molar-refractivity contribution in [2.45, 2.75) is 55.6 Å². The fraction of sp³-hybridized carbons (Fsp3) is 0.650. The van der Waals surface area contributed by atoms with Crippen molar-refractivity contribution in [2.24, 2.45) is 0 Å². The number of methoxy groups -OCH3 is 1. The molecule has 0 aromatic heterocycles. The van der Waals surface area contributed by atoms with E-state index >= 15 is 0 Å². The lowest BCUT2D eigenvalue weighted by Crippen LogP contribution is -2.60. The molecule has 1 aromatic rings. The van der Waals surface area contributed by atoms with Crippen LogP contribution in [0.5, 0.6) is 11.5 Å². The highest BCUT2D eigenvalue weighted by Crippen LogP contribution is 2.31. The van der Waals surface area contributed by atoms with Gasteiger partial charge in [-0.15, -0.1) is 0 Å². The minimum absolute atomic E-state index is 0.0340. The Hall–Kier alpha value is -1.87. The Bertz CT molecular complexity index is 803. The Morgan fingerprint density at radius 2 is 1.88 bits per heavy atom. The van der Waals surface area contributed by atoms with Gasteiger partial charge in [0.05, 0.1) is 32.5 Å². The third-order valence-corrected chi connectivity index (χ3v) is 5.48. The van der Waals surface area contributed by atoms with Crippen LogP contribution < -0.4 is 9.47 Å². The fourth-order valence-corrected chi connectivity index (χ4v) is 3.42. The topological polar surface area (TPSA) is 185 Å². The molecule has 2 saturated heterocycles. The second-order valence-corrected chi connectivity index (χ2v) is 7.77. The largest absolute Gasteiger partial charge is 0.497 e. The van der Waals surface area contributed by atoms with Crippen molar-refractivity contribution in [3.8, 4) is 11.5 Å². The summed E-state index contributed by atoms with van der Waals surface area (Å²) >= 11 is 0. The molecule has 32 heavy (non-hydrogen) atoms. The van der Waals surface area contributed by atoms with Crippen molar-refractivity contribution < 1.29 is 59.1 Å². The van der Waals surface area contributed by atoms with Crippen LogP contribution in [0.1, 0.15) is 17.3 Å². The first kappa shape index (κ1) is 24.8. The molecule has 1 unspecified atom stereocenters. The van der Waals surface area contributed by atoms with E-state index in [0.29, 0.717) is 5.75 Å². The maximum atomic E-state index is 11.9. The molecule has 3 rings (SSSR count). The first-order valence-corrected chi connectivity index (χ1v) is 9.91. The SMILES string of the molecule is COc1ccc(C(C)=O)c(O[C@@H]2O[C@H](CO[C@@H]3OCC(O)(CO)[C@H]3O)[C@@H](O)[C@H](O)[C@H]2O)c1. The van der Waals surface area contributed by atoms with Gasteiger partial charge in [-0.1, -0.05) is 0 Å². The highest BCUT2D eigenvalue weighted by atomic mass is 16.7. The molecule has 0 spiro atoms. The molecule has 0 aliphatic carbocycles. The summed E-state index contributed by atoms with van der Waals surface area (Å²) in [7, 11) is 1.42. The molecule has 12 nitrogen and oxygen atoms in total. The molecule has 2 aliphatic heterocycles. The first-order chi connectivity index (χ1) is 15.1. The average Bonchev–Trinajstić information content (AvgIpc) is 3.07. The lowest BCUT2D eigenvalue weighted by molar-refractivity contribution is -0.289. The van der Waals surface area contributed by atoms with Crippen molar-refractivity contribution in [1.29, 1.82) is 0 Å². The highest BCUT2D eigenvalue weighted by molar-refractivity contribution is 5.97. The van der Waals surface area contributed by atoms with Crippen LogP contribution in [0.25, 0.3) is 0 Å². The van der Waals surface area contributed by atoms with Crippen LogP contribution in [0.2, 0.25) is 0 Å². The van der Waals surface area contributed by atoms with Gasteiger partial charge in [0.15, 0.2) is 12.1 Å². The number of rotatable bonds is 8. The number of ketones is 1. The third kappa shape index (κ3) is 4.88. The minimum atomic E-state index is -1.90. The zero-order chi connectivity index (χ0) is 23.6. The molecule has 180 valence electrons. The quantitative estimate of drug-likeness (QED) is 0.225. The summed E-state index contributed by atoms with van der Waals surface area (Å²) in [5.74, 6) is 0.0865. The molecule has 2 heterocycles. The maximum Gasteiger partial charge on any atom is 0.229 e. The van der Waals surface area contributed by atoms with E-state index < -0.39 is 61.9 Å². The van der Waals surface area contributed by atoms with Crippen molar-refractivity contribution >= 4 is 5.78 Å². The fourth-order valence-electron chi connectivity index (χ4n) is 3.42. The third-order valence-electron chi connectivity index (χ3n) is 5.48. The van der Waals surface area contributed by atoms with E-state index in [1.165, 1.54) is 26.2 Å². The van der Waals surface area contributed by atoms with E-state index in [9.17, 15) is 35.4 Å². The van der Waals surface area contributed by atoms with Gasteiger partial charge in [-0.2, -0.15) is 0 Å². The smallest absolute Gasteiger partial charge is 0.229 e. The number of aliphatic hydroxyl groups excluding tert-OH is 5. The summed E-state index contributed by atoms with van der Waals surface area (Å²) in [5.41, 5.74) is -1.71.